The number of carbonyl (C=O) groups excluding carboxylic acids is 1. The molecule has 18 heavy (non-hydrogen) atoms. The highest BCUT2D eigenvalue weighted by Crippen LogP contribution is 2.21. The van der Waals surface area contributed by atoms with E-state index < -0.39 is 6.10 Å². The maximum absolute atomic E-state index is 12.2. The lowest BCUT2D eigenvalue weighted by atomic mass is 9.98. The Balaban J connectivity index is 2.05. The first-order chi connectivity index (χ1) is 8.59. The zero-order valence-electron chi connectivity index (χ0n) is 10.7. The predicted octanol–water partition coefficient (Wildman–Crippen LogP) is 1.75. The van der Waals surface area contributed by atoms with Gasteiger partial charge >= 0.3 is 6.03 Å². The standard InChI is InChI=1S/C12H19N3O3/c1-8-10(7-18-14-8)13-12(17)15-6-4-3-5-11(15)9(2)16/h7,9,11,16H,3-6H2,1-2H3,(H,13,17). The molecular formula is C12H19N3O3. The van der Waals surface area contributed by atoms with Gasteiger partial charge in [-0.15, -0.1) is 0 Å². The minimum atomic E-state index is -0.514. The van der Waals surface area contributed by atoms with E-state index in [4.69, 9.17) is 4.52 Å². The molecule has 100 valence electrons. The van der Waals surface area contributed by atoms with Gasteiger partial charge in [0.15, 0.2) is 0 Å². The normalized spacial score (nSPS) is 21.7. The fraction of sp³-hybridized carbons (Fsp3) is 0.667. The van der Waals surface area contributed by atoms with Gasteiger partial charge in [0, 0.05) is 6.54 Å². The molecule has 2 rings (SSSR count). The van der Waals surface area contributed by atoms with E-state index in [0.29, 0.717) is 17.9 Å². The largest absolute Gasteiger partial charge is 0.391 e. The molecule has 0 bridgehead atoms. The summed E-state index contributed by atoms with van der Waals surface area (Å²) >= 11 is 0. The average Bonchev–Trinajstić information content (AvgIpc) is 2.75. The van der Waals surface area contributed by atoms with E-state index in [2.05, 4.69) is 10.5 Å². The predicted molar refractivity (Wildman–Crippen MR) is 66.3 cm³/mol. The van der Waals surface area contributed by atoms with Crippen molar-refractivity contribution >= 4 is 11.7 Å². The Morgan fingerprint density at radius 2 is 2.44 bits per heavy atom. The minimum Gasteiger partial charge on any atom is -0.391 e. The number of rotatable bonds is 2. The quantitative estimate of drug-likeness (QED) is 0.841. The van der Waals surface area contributed by atoms with Crippen LogP contribution in [0.5, 0.6) is 0 Å². The maximum Gasteiger partial charge on any atom is 0.322 e. The van der Waals surface area contributed by atoms with Crippen molar-refractivity contribution in [3.05, 3.63) is 12.0 Å². The summed E-state index contributed by atoms with van der Waals surface area (Å²) in [5, 5.41) is 16.2. The number of urea groups is 1. The molecule has 1 aliphatic rings. The van der Waals surface area contributed by atoms with E-state index in [1.54, 1.807) is 18.7 Å². The monoisotopic (exact) mass is 253 g/mol. The van der Waals surface area contributed by atoms with Crippen molar-refractivity contribution in [3.63, 3.8) is 0 Å². The first-order valence-electron chi connectivity index (χ1n) is 6.26. The van der Waals surface area contributed by atoms with Crippen LogP contribution >= 0.6 is 0 Å². The lowest BCUT2D eigenvalue weighted by molar-refractivity contribution is 0.0607. The summed E-state index contributed by atoms with van der Waals surface area (Å²) in [4.78, 5) is 13.9. The zero-order valence-corrected chi connectivity index (χ0v) is 10.7. The van der Waals surface area contributed by atoms with Crippen LogP contribution in [0.2, 0.25) is 0 Å². The average molecular weight is 253 g/mol. The third-order valence-electron chi connectivity index (χ3n) is 3.36. The first kappa shape index (κ1) is 12.9. The molecule has 2 atom stereocenters. The van der Waals surface area contributed by atoms with Gasteiger partial charge in [-0.3, -0.25) is 0 Å². The molecule has 1 saturated heterocycles. The lowest BCUT2D eigenvalue weighted by Gasteiger charge is -2.37. The van der Waals surface area contributed by atoms with Crippen molar-refractivity contribution in [2.45, 2.75) is 45.3 Å². The molecule has 0 aliphatic carbocycles. The molecule has 6 nitrogen and oxygen atoms in total. The van der Waals surface area contributed by atoms with Gasteiger partial charge in [-0.2, -0.15) is 0 Å². The summed E-state index contributed by atoms with van der Waals surface area (Å²) in [5.74, 6) is 0. The lowest BCUT2D eigenvalue weighted by Crippen LogP contribution is -2.50. The van der Waals surface area contributed by atoms with Crippen molar-refractivity contribution in [2.24, 2.45) is 0 Å². The third kappa shape index (κ3) is 2.64. The number of hydrogen-bond acceptors (Lipinski definition) is 4. The van der Waals surface area contributed by atoms with Gasteiger partial charge in [-0.25, -0.2) is 4.79 Å². The Bertz CT molecular complexity index is 416. The van der Waals surface area contributed by atoms with Gasteiger partial charge in [-0.05, 0) is 33.1 Å². The summed E-state index contributed by atoms with van der Waals surface area (Å²) in [7, 11) is 0. The Kier molecular flexibility index (Phi) is 3.86. The van der Waals surface area contributed by atoms with Crippen LogP contribution in [0.1, 0.15) is 31.9 Å². The first-order valence-corrected chi connectivity index (χ1v) is 6.26. The van der Waals surface area contributed by atoms with E-state index in [9.17, 15) is 9.90 Å². The molecule has 0 spiro atoms. The summed E-state index contributed by atoms with van der Waals surface area (Å²) in [6.45, 7) is 4.16. The molecule has 2 amide bonds. The molecule has 0 saturated carbocycles. The van der Waals surface area contributed by atoms with Crippen LogP contribution in [0.25, 0.3) is 0 Å². The number of nitrogens with zero attached hydrogens (tertiary/aromatic N) is 2. The third-order valence-corrected chi connectivity index (χ3v) is 3.36. The molecular weight excluding hydrogens is 234 g/mol. The van der Waals surface area contributed by atoms with E-state index in [0.717, 1.165) is 19.3 Å². The molecule has 1 aromatic rings. The topological polar surface area (TPSA) is 78.6 Å². The fourth-order valence-corrected chi connectivity index (χ4v) is 2.31. The summed E-state index contributed by atoms with van der Waals surface area (Å²) in [6, 6.07) is -0.314. The van der Waals surface area contributed by atoms with Crippen molar-refractivity contribution in [3.8, 4) is 0 Å². The Morgan fingerprint density at radius 1 is 1.67 bits per heavy atom. The van der Waals surface area contributed by atoms with Gasteiger partial charge in [0.2, 0.25) is 0 Å². The molecule has 6 heteroatoms. The van der Waals surface area contributed by atoms with Crippen molar-refractivity contribution < 1.29 is 14.4 Å². The number of aromatic nitrogens is 1. The number of aliphatic hydroxyl groups excluding tert-OH is 1. The van der Waals surface area contributed by atoms with Gasteiger partial charge in [0.25, 0.3) is 0 Å². The van der Waals surface area contributed by atoms with Gasteiger partial charge < -0.3 is 19.8 Å². The van der Waals surface area contributed by atoms with Crippen molar-refractivity contribution in [2.75, 3.05) is 11.9 Å². The Hall–Kier alpha value is -1.56. The summed E-state index contributed by atoms with van der Waals surface area (Å²) < 4.78 is 4.78. The number of carbonyl (C=O) groups is 1. The molecule has 2 N–H and O–H groups in total. The van der Waals surface area contributed by atoms with E-state index in [1.165, 1.54) is 6.26 Å². The Morgan fingerprint density at radius 3 is 3.06 bits per heavy atom. The molecule has 0 aromatic carbocycles. The number of hydrogen-bond donors (Lipinski definition) is 2. The van der Waals surface area contributed by atoms with Crippen LogP contribution in [0.3, 0.4) is 0 Å². The highest BCUT2D eigenvalue weighted by molar-refractivity contribution is 5.89. The number of amides is 2. The zero-order chi connectivity index (χ0) is 13.1. The molecule has 2 unspecified atom stereocenters. The number of aryl methyl sites for hydroxylation is 1. The van der Waals surface area contributed by atoms with Gasteiger partial charge in [-0.1, -0.05) is 5.16 Å². The van der Waals surface area contributed by atoms with Crippen LogP contribution in [0.15, 0.2) is 10.8 Å². The second-order valence-corrected chi connectivity index (χ2v) is 4.74. The van der Waals surface area contributed by atoms with Gasteiger partial charge in [0.05, 0.1) is 12.1 Å². The highest BCUT2D eigenvalue weighted by Gasteiger charge is 2.30. The van der Waals surface area contributed by atoms with E-state index >= 15 is 0 Å². The van der Waals surface area contributed by atoms with E-state index in [-0.39, 0.29) is 12.1 Å². The van der Waals surface area contributed by atoms with Crippen LogP contribution in [0, 0.1) is 6.92 Å². The number of likely N-dealkylation sites (tertiary alicyclic amines) is 1. The van der Waals surface area contributed by atoms with Crippen LogP contribution < -0.4 is 5.32 Å². The number of piperidine rings is 1. The number of nitrogens with one attached hydrogen (secondary N) is 1. The van der Waals surface area contributed by atoms with Crippen molar-refractivity contribution in [1.29, 1.82) is 0 Å². The Labute approximate surface area is 106 Å². The van der Waals surface area contributed by atoms with Gasteiger partial charge in [0.1, 0.15) is 17.6 Å². The molecule has 1 fully saturated rings. The van der Waals surface area contributed by atoms with E-state index in [1.807, 2.05) is 0 Å². The van der Waals surface area contributed by atoms with Crippen LogP contribution in [-0.4, -0.2) is 39.9 Å². The minimum absolute atomic E-state index is 0.112. The fourth-order valence-electron chi connectivity index (χ4n) is 2.31. The molecule has 0 radical (unpaired) electrons. The number of aliphatic hydroxyl groups is 1. The second-order valence-electron chi connectivity index (χ2n) is 4.74. The van der Waals surface area contributed by atoms with Crippen molar-refractivity contribution in [1.82, 2.24) is 10.1 Å². The second kappa shape index (κ2) is 5.39. The summed E-state index contributed by atoms with van der Waals surface area (Å²) in [5.41, 5.74) is 1.23. The SMILES string of the molecule is Cc1nocc1NC(=O)N1CCCCC1C(C)O. The maximum atomic E-state index is 12.2. The molecule has 1 aliphatic heterocycles. The molecule has 2 heterocycles. The van der Waals surface area contributed by atoms with Crippen LogP contribution in [-0.2, 0) is 0 Å². The summed E-state index contributed by atoms with van der Waals surface area (Å²) in [6.07, 6.45) is 3.76. The smallest absolute Gasteiger partial charge is 0.322 e. The number of anilines is 1. The molecule has 1 aromatic heterocycles. The highest BCUT2D eigenvalue weighted by atomic mass is 16.5. The van der Waals surface area contributed by atoms with Crippen LogP contribution in [0.4, 0.5) is 10.5 Å².